The fourth-order valence-electron chi connectivity index (χ4n) is 2.06. The molecule has 1 heterocycles. The minimum Gasteiger partial charge on any atom is -0.365 e. The summed E-state index contributed by atoms with van der Waals surface area (Å²) < 4.78 is 0. The summed E-state index contributed by atoms with van der Waals surface area (Å²) in [6, 6.07) is 0. The second-order valence-electron chi connectivity index (χ2n) is 5.96. The highest BCUT2D eigenvalue weighted by Gasteiger charge is 2.20. The van der Waals surface area contributed by atoms with Crippen LogP contribution in [0.25, 0.3) is 0 Å². The van der Waals surface area contributed by atoms with Gasteiger partial charge >= 0.3 is 0 Å². The van der Waals surface area contributed by atoms with Gasteiger partial charge in [0.2, 0.25) is 0 Å². The van der Waals surface area contributed by atoms with Crippen molar-refractivity contribution >= 4 is 11.6 Å². The number of nitrogen functional groups attached to an aromatic ring is 1. The van der Waals surface area contributed by atoms with Gasteiger partial charge in [0.15, 0.2) is 0 Å². The first-order chi connectivity index (χ1) is 8.80. The molecule has 0 aliphatic rings. The maximum Gasteiger partial charge on any atom is 0.148 e. The van der Waals surface area contributed by atoms with E-state index in [4.69, 9.17) is 5.84 Å². The summed E-state index contributed by atoms with van der Waals surface area (Å²) in [5, 5.41) is 3.51. The lowest BCUT2D eigenvalue weighted by atomic mass is 9.98. The van der Waals surface area contributed by atoms with Crippen LogP contribution in [-0.4, -0.2) is 15.5 Å². The third-order valence-corrected chi connectivity index (χ3v) is 3.15. The van der Waals surface area contributed by atoms with E-state index >= 15 is 0 Å². The predicted octanol–water partition coefficient (Wildman–Crippen LogP) is 3.18. The van der Waals surface area contributed by atoms with Gasteiger partial charge < -0.3 is 10.7 Å². The van der Waals surface area contributed by atoms with Crippen molar-refractivity contribution in [2.45, 2.75) is 65.8 Å². The molecule has 1 rings (SSSR count). The van der Waals surface area contributed by atoms with Crippen LogP contribution in [0.2, 0.25) is 0 Å². The highest BCUT2D eigenvalue weighted by Crippen LogP contribution is 2.26. The van der Waals surface area contributed by atoms with Crippen LogP contribution in [0, 0.1) is 6.92 Å². The van der Waals surface area contributed by atoms with E-state index in [1.807, 2.05) is 6.92 Å². The smallest absolute Gasteiger partial charge is 0.148 e. The molecular weight excluding hydrogens is 238 g/mol. The van der Waals surface area contributed by atoms with Crippen LogP contribution in [0.1, 0.15) is 64.8 Å². The van der Waals surface area contributed by atoms with E-state index in [0.29, 0.717) is 5.82 Å². The van der Waals surface area contributed by atoms with E-state index in [-0.39, 0.29) is 11.5 Å². The molecule has 0 unspecified atom stereocenters. The number of aromatic nitrogens is 2. The topological polar surface area (TPSA) is 75.9 Å². The van der Waals surface area contributed by atoms with Gasteiger partial charge in [-0.05, 0) is 27.2 Å². The van der Waals surface area contributed by atoms with Gasteiger partial charge in [0, 0.05) is 17.0 Å². The number of rotatable bonds is 6. The summed E-state index contributed by atoms with van der Waals surface area (Å²) in [6.07, 6.45) is 2.21. The Balaban J connectivity index is 3.15. The van der Waals surface area contributed by atoms with Crippen molar-refractivity contribution < 1.29 is 0 Å². The molecule has 0 fully saturated rings. The molecule has 0 atom stereocenters. The van der Waals surface area contributed by atoms with E-state index in [1.54, 1.807) is 0 Å². The maximum atomic E-state index is 5.54. The third-order valence-electron chi connectivity index (χ3n) is 3.15. The Morgan fingerprint density at radius 2 is 1.79 bits per heavy atom. The quantitative estimate of drug-likeness (QED) is 0.544. The average Bonchev–Trinajstić information content (AvgIpc) is 2.31. The molecule has 4 N–H and O–H groups in total. The standard InChI is InChI=1S/C14H27N5/c1-7-8-14(5,6)18-12-10(4)13(19-15)17-11(16-12)9(2)3/h9H,7-8,15H2,1-6H3,(H2,16,17,18,19). The summed E-state index contributed by atoms with van der Waals surface area (Å²) in [5.41, 5.74) is 3.62. The van der Waals surface area contributed by atoms with Crippen molar-refractivity contribution in [3.63, 3.8) is 0 Å². The largest absolute Gasteiger partial charge is 0.365 e. The number of nitrogens with zero attached hydrogens (tertiary/aromatic N) is 2. The SMILES string of the molecule is CCCC(C)(C)Nc1nc(C(C)C)nc(NN)c1C. The van der Waals surface area contributed by atoms with Gasteiger partial charge in [-0.3, -0.25) is 0 Å². The fourth-order valence-corrected chi connectivity index (χ4v) is 2.06. The molecule has 0 aromatic carbocycles. The van der Waals surface area contributed by atoms with E-state index in [1.165, 1.54) is 0 Å². The molecule has 0 aliphatic heterocycles. The van der Waals surface area contributed by atoms with Crippen molar-refractivity contribution in [1.82, 2.24) is 9.97 Å². The van der Waals surface area contributed by atoms with E-state index < -0.39 is 0 Å². The Morgan fingerprint density at radius 3 is 2.26 bits per heavy atom. The minimum absolute atomic E-state index is 0.00792. The van der Waals surface area contributed by atoms with Gasteiger partial charge in [-0.25, -0.2) is 15.8 Å². The van der Waals surface area contributed by atoms with Crippen LogP contribution < -0.4 is 16.6 Å². The fraction of sp³-hybridized carbons (Fsp3) is 0.714. The number of nitrogens with one attached hydrogen (secondary N) is 2. The second kappa shape index (κ2) is 6.19. The van der Waals surface area contributed by atoms with Crippen LogP contribution in [0.4, 0.5) is 11.6 Å². The Hall–Kier alpha value is -1.36. The molecule has 1 aromatic rings. The molecule has 0 saturated carbocycles. The lowest BCUT2D eigenvalue weighted by Crippen LogP contribution is -2.32. The number of nitrogens with two attached hydrogens (primary N) is 1. The van der Waals surface area contributed by atoms with Gasteiger partial charge in [-0.2, -0.15) is 0 Å². The average molecular weight is 265 g/mol. The van der Waals surface area contributed by atoms with E-state index in [9.17, 15) is 0 Å². The van der Waals surface area contributed by atoms with Crippen molar-refractivity contribution in [2.24, 2.45) is 5.84 Å². The van der Waals surface area contributed by atoms with Gasteiger partial charge in [0.25, 0.3) is 0 Å². The zero-order chi connectivity index (χ0) is 14.6. The van der Waals surface area contributed by atoms with E-state index in [0.717, 1.165) is 30.0 Å². The highest BCUT2D eigenvalue weighted by atomic mass is 15.3. The van der Waals surface area contributed by atoms with E-state index in [2.05, 4.69) is 55.3 Å². The minimum atomic E-state index is 0.00792. The summed E-state index contributed by atoms with van der Waals surface area (Å²) in [7, 11) is 0. The lowest BCUT2D eigenvalue weighted by molar-refractivity contribution is 0.508. The van der Waals surface area contributed by atoms with Crippen LogP contribution in [0.5, 0.6) is 0 Å². The van der Waals surface area contributed by atoms with Crippen molar-refractivity contribution in [3.05, 3.63) is 11.4 Å². The number of hydrogen-bond acceptors (Lipinski definition) is 5. The zero-order valence-corrected chi connectivity index (χ0v) is 13.0. The van der Waals surface area contributed by atoms with Gasteiger partial charge in [0.05, 0.1) is 0 Å². The molecule has 0 amide bonds. The normalized spacial score (nSPS) is 11.8. The van der Waals surface area contributed by atoms with Crippen molar-refractivity contribution in [1.29, 1.82) is 0 Å². The molecule has 0 radical (unpaired) electrons. The molecular formula is C14H27N5. The number of hydrazine groups is 1. The predicted molar refractivity (Wildman–Crippen MR) is 81.3 cm³/mol. The molecule has 108 valence electrons. The third kappa shape index (κ3) is 4.06. The second-order valence-corrected chi connectivity index (χ2v) is 5.96. The Kier molecular flexibility index (Phi) is 5.11. The first-order valence-corrected chi connectivity index (χ1v) is 6.94. The van der Waals surface area contributed by atoms with Crippen molar-refractivity contribution in [2.75, 3.05) is 10.7 Å². The van der Waals surface area contributed by atoms with Gasteiger partial charge in [0.1, 0.15) is 17.5 Å². The monoisotopic (exact) mass is 265 g/mol. The molecule has 0 bridgehead atoms. The van der Waals surface area contributed by atoms with Crippen LogP contribution in [-0.2, 0) is 0 Å². The Morgan fingerprint density at radius 1 is 1.21 bits per heavy atom. The maximum absolute atomic E-state index is 5.54. The summed E-state index contributed by atoms with van der Waals surface area (Å²) >= 11 is 0. The number of anilines is 2. The summed E-state index contributed by atoms with van der Waals surface area (Å²) in [4.78, 5) is 9.07. The molecule has 5 nitrogen and oxygen atoms in total. The number of hydrogen-bond donors (Lipinski definition) is 3. The first kappa shape index (κ1) is 15.7. The molecule has 0 aliphatic carbocycles. The molecule has 5 heteroatoms. The molecule has 0 saturated heterocycles. The Bertz CT molecular complexity index is 426. The van der Waals surface area contributed by atoms with Crippen molar-refractivity contribution in [3.8, 4) is 0 Å². The van der Waals surface area contributed by atoms with Gasteiger partial charge in [-0.1, -0.05) is 27.2 Å². The Labute approximate surface area is 116 Å². The van der Waals surface area contributed by atoms with Crippen LogP contribution in [0.15, 0.2) is 0 Å². The van der Waals surface area contributed by atoms with Crippen LogP contribution >= 0.6 is 0 Å². The molecule has 0 spiro atoms. The molecule has 1 aromatic heterocycles. The summed E-state index contributed by atoms with van der Waals surface area (Å²) in [6.45, 7) is 12.7. The molecule has 19 heavy (non-hydrogen) atoms. The lowest BCUT2D eigenvalue weighted by Gasteiger charge is -2.28. The highest BCUT2D eigenvalue weighted by molar-refractivity contribution is 5.57. The summed E-state index contributed by atoms with van der Waals surface area (Å²) in [5.74, 6) is 8.16. The van der Waals surface area contributed by atoms with Crippen LogP contribution in [0.3, 0.4) is 0 Å². The zero-order valence-electron chi connectivity index (χ0n) is 13.0. The van der Waals surface area contributed by atoms with Gasteiger partial charge in [-0.15, -0.1) is 0 Å². The first-order valence-electron chi connectivity index (χ1n) is 6.94.